The molecule has 0 amide bonds. The van der Waals surface area contributed by atoms with Crippen LogP contribution in [0.3, 0.4) is 0 Å². The molecule has 0 aromatic rings. The molecule has 4 atom stereocenters. The summed E-state index contributed by atoms with van der Waals surface area (Å²) < 4.78 is 0. The first kappa shape index (κ1) is 31.1. The van der Waals surface area contributed by atoms with Gasteiger partial charge in [-0.2, -0.15) is 0 Å². The Kier molecular flexibility index (Phi) is 16.4. The fourth-order valence-electron chi connectivity index (χ4n) is 5.36. The second kappa shape index (κ2) is 18.4. The molecule has 0 aliphatic heterocycles. The van der Waals surface area contributed by atoms with Crippen LogP contribution in [0.2, 0.25) is 0 Å². The molecule has 0 radical (unpaired) electrons. The number of hydrogen-bond acceptors (Lipinski definition) is 1. The molecule has 0 spiro atoms. The third-order valence-corrected chi connectivity index (χ3v) is 7.47. The molecular weight excluding hydrogens is 424 g/mol. The molecule has 0 fully saturated rings. The van der Waals surface area contributed by atoms with Crippen molar-refractivity contribution >= 4 is 5.78 Å². The summed E-state index contributed by atoms with van der Waals surface area (Å²) in [6.45, 7) is 19.1. The first-order chi connectivity index (χ1) is 16.9. The van der Waals surface area contributed by atoms with Crippen LogP contribution in [0, 0.1) is 23.7 Å². The van der Waals surface area contributed by atoms with E-state index in [4.69, 9.17) is 0 Å². The Balaban J connectivity index is 2.51. The minimum atomic E-state index is 0.324. The van der Waals surface area contributed by atoms with E-state index in [2.05, 4.69) is 78.2 Å². The molecule has 196 valence electrons. The van der Waals surface area contributed by atoms with E-state index < -0.39 is 0 Å². The van der Waals surface area contributed by atoms with Crippen LogP contribution in [-0.4, -0.2) is 5.78 Å². The zero-order chi connectivity index (χ0) is 26.1. The normalized spacial score (nSPS) is 19.6. The standard InChI is InChI=1S/C34H54O/c1-8-15-29(16-9-2)18-12-13-21-34(35)33-25-24-31(28(7)26-33)19-14-20-32(17-10-3)30(11-4)23-22-27(5)6/h8,11,22-26,28-29,31-32H,1,4,9-10,12-21H2,2-3,5-7H3/b30-23+/t28?,29-,31+,32-/m0/s1. The Morgan fingerprint density at radius 1 is 1.00 bits per heavy atom. The van der Waals surface area contributed by atoms with Crippen LogP contribution >= 0.6 is 0 Å². The van der Waals surface area contributed by atoms with Crippen molar-refractivity contribution in [3.63, 3.8) is 0 Å². The third-order valence-electron chi connectivity index (χ3n) is 7.47. The molecule has 0 saturated carbocycles. The van der Waals surface area contributed by atoms with Crippen LogP contribution in [0.1, 0.15) is 112 Å². The lowest BCUT2D eigenvalue weighted by atomic mass is 9.81. The van der Waals surface area contributed by atoms with Gasteiger partial charge < -0.3 is 0 Å². The Bertz CT molecular complexity index is 755. The zero-order valence-corrected chi connectivity index (χ0v) is 23.7. The predicted molar refractivity (Wildman–Crippen MR) is 157 cm³/mol. The topological polar surface area (TPSA) is 17.1 Å². The highest BCUT2D eigenvalue weighted by Gasteiger charge is 2.20. The molecule has 35 heavy (non-hydrogen) atoms. The van der Waals surface area contributed by atoms with Crippen molar-refractivity contribution in [2.24, 2.45) is 23.7 Å². The van der Waals surface area contributed by atoms with E-state index in [0.29, 0.717) is 30.0 Å². The number of carbonyl (C=O) groups excluding carboxylic acids is 1. The molecule has 1 heteroatoms. The maximum atomic E-state index is 12.8. The number of unbranched alkanes of at least 4 members (excludes halogenated alkanes) is 1. The third kappa shape index (κ3) is 12.6. The van der Waals surface area contributed by atoms with Crippen molar-refractivity contribution in [1.29, 1.82) is 0 Å². The van der Waals surface area contributed by atoms with Crippen LogP contribution in [0.25, 0.3) is 0 Å². The van der Waals surface area contributed by atoms with Crippen molar-refractivity contribution in [2.75, 3.05) is 0 Å². The number of Topliss-reactive ketones (excluding diaryl/α,β-unsaturated/α-hetero) is 1. The van der Waals surface area contributed by atoms with Gasteiger partial charge in [0.15, 0.2) is 5.78 Å². The minimum Gasteiger partial charge on any atom is -0.294 e. The highest BCUT2D eigenvalue weighted by molar-refractivity contribution is 5.98. The van der Waals surface area contributed by atoms with E-state index >= 15 is 0 Å². The van der Waals surface area contributed by atoms with E-state index in [1.54, 1.807) is 0 Å². The predicted octanol–water partition coefficient (Wildman–Crippen LogP) is 10.5. The van der Waals surface area contributed by atoms with Gasteiger partial charge in [0, 0.05) is 12.0 Å². The quantitative estimate of drug-likeness (QED) is 0.102. The summed E-state index contributed by atoms with van der Waals surface area (Å²) >= 11 is 0. The van der Waals surface area contributed by atoms with Crippen molar-refractivity contribution < 1.29 is 4.79 Å². The van der Waals surface area contributed by atoms with Crippen molar-refractivity contribution in [2.45, 2.75) is 112 Å². The van der Waals surface area contributed by atoms with Gasteiger partial charge >= 0.3 is 0 Å². The zero-order valence-electron chi connectivity index (χ0n) is 23.7. The molecule has 0 aromatic heterocycles. The number of hydrogen-bond donors (Lipinski definition) is 0. The average Bonchev–Trinajstić information content (AvgIpc) is 2.83. The summed E-state index contributed by atoms with van der Waals surface area (Å²) in [7, 11) is 0. The minimum absolute atomic E-state index is 0.324. The van der Waals surface area contributed by atoms with Crippen LogP contribution in [-0.2, 0) is 4.79 Å². The molecule has 0 bridgehead atoms. The molecule has 1 nitrogen and oxygen atoms in total. The summed E-state index contributed by atoms with van der Waals surface area (Å²) in [5.41, 5.74) is 3.64. The molecule has 0 heterocycles. The monoisotopic (exact) mass is 478 g/mol. The molecule has 0 aromatic carbocycles. The Morgan fingerprint density at radius 2 is 1.74 bits per heavy atom. The highest BCUT2D eigenvalue weighted by Crippen LogP contribution is 2.31. The van der Waals surface area contributed by atoms with Gasteiger partial charge in [0.05, 0.1) is 0 Å². The molecule has 1 unspecified atom stereocenters. The van der Waals surface area contributed by atoms with Gasteiger partial charge in [-0.1, -0.05) is 114 Å². The Labute approximate surface area is 218 Å². The molecule has 1 aliphatic carbocycles. The number of ketones is 1. The Morgan fingerprint density at radius 3 is 2.34 bits per heavy atom. The van der Waals surface area contributed by atoms with Crippen LogP contribution in [0.4, 0.5) is 0 Å². The number of allylic oxidation sites excluding steroid dienone is 10. The molecule has 1 aliphatic rings. The fraction of sp³-hybridized carbons (Fsp3) is 0.618. The fourth-order valence-corrected chi connectivity index (χ4v) is 5.36. The van der Waals surface area contributed by atoms with Crippen molar-refractivity contribution in [1.82, 2.24) is 0 Å². The summed E-state index contributed by atoms with van der Waals surface area (Å²) in [4.78, 5) is 12.8. The van der Waals surface area contributed by atoms with E-state index in [0.717, 1.165) is 30.8 Å². The van der Waals surface area contributed by atoms with E-state index in [1.807, 2.05) is 12.2 Å². The SMILES string of the molecule is C=CC[C@@H](CCC)CCCCC(=O)C1=CC(C)[C@H](CCC[C@H](CCC)/C(C=C)=C/C=C(C)C)C=C1. The second-order valence-corrected chi connectivity index (χ2v) is 10.9. The number of carbonyl (C=O) groups is 1. The van der Waals surface area contributed by atoms with Crippen LogP contribution < -0.4 is 0 Å². The lowest BCUT2D eigenvalue weighted by Gasteiger charge is -2.24. The molecule has 0 saturated heterocycles. The van der Waals surface area contributed by atoms with Crippen molar-refractivity contribution in [3.05, 3.63) is 72.4 Å². The average molecular weight is 479 g/mol. The van der Waals surface area contributed by atoms with Crippen LogP contribution in [0.15, 0.2) is 72.4 Å². The largest absolute Gasteiger partial charge is 0.294 e. The number of rotatable bonds is 19. The molecular formula is C34H54O. The first-order valence-corrected chi connectivity index (χ1v) is 14.4. The van der Waals surface area contributed by atoms with Gasteiger partial charge in [-0.05, 0) is 75.2 Å². The summed E-state index contributed by atoms with van der Waals surface area (Å²) in [6, 6.07) is 0. The Hall–Kier alpha value is -1.89. The summed E-state index contributed by atoms with van der Waals surface area (Å²) in [5, 5.41) is 0. The van der Waals surface area contributed by atoms with Gasteiger partial charge in [0.2, 0.25) is 0 Å². The maximum absolute atomic E-state index is 12.8. The second-order valence-electron chi connectivity index (χ2n) is 10.9. The van der Waals surface area contributed by atoms with E-state index in [9.17, 15) is 4.79 Å². The summed E-state index contributed by atoms with van der Waals surface area (Å²) in [6.07, 6.45) is 28.9. The van der Waals surface area contributed by atoms with Gasteiger partial charge in [-0.15, -0.1) is 6.58 Å². The highest BCUT2D eigenvalue weighted by atomic mass is 16.1. The van der Waals surface area contributed by atoms with Gasteiger partial charge in [0.1, 0.15) is 0 Å². The smallest absolute Gasteiger partial charge is 0.162 e. The molecule has 1 rings (SSSR count). The van der Waals surface area contributed by atoms with Gasteiger partial charge in [-0.25, -0.2) is 0 Å². The summed E-state index contributed by atoms with van der Waals surface area (Å²) in [5.74, 6) is 2.63. The van der Waals surface area contributed by atoms with Gasteiger partial charge in [-0.3, -0.25) is 4.79 Å². The van der Waals surface area contributed by atoms with Crippen molar-refractivity contribution in [3.8, 4) is 0 Å². The lowest BCUT2D eigenvalue weighted by molar-refractivity contribution is -0.115. The maximum Gasteiger partial charge on any atom is 0.162 e. The first-order valence-electron chi connectivity index (χ1n) is 14.4. The van der Waals surface area contributed by atoms with E-state index in [-0.39, 0.29) is 0 Å². The molecule has 0 N–H and O–H groups in total. The van der Waals surface area contributed by atoms with Gasteiger partial charge in [0.25, 0.3) is 0 Å². The van der Waals surface area contributed by atoms with E-state index in [1.165, 1.54) is 62.5 Å². The lowest BCUT2D eigenvalue weighted by Crippen LogP contribution is -2.15. The van der Waals surface area contributed by atoms with Crippen LogP contribution in [0.5, 0.6) is 0 Å².